The van der Waals surface area contributed by atoms with Gasteiger partial charge in [0.1, 0.15) is 16.2 Å². The summed E-state index contributed by atoms with van der Waals surface area (Å²) in [6.07, 6.45) is -4.35. The summed E-state index contributed by atoms with van der Waals surface area (Å²) in [4.78, 5) is 12.5. The predicted octanol–water partition coefficient (Wildman–Crippen LogP) is 5.94. The summed E-state index contributed by atoms with van der Waals surface area (Å²) in [6.45, 7) is 3.15. The van der Waals surface area contributed by atoms with Crippen LogP contribution in [-0.2, 0) is 31.5 Å². The van der Waals surface area contributed by atoms with Crippen molar-refractivity contribution in [3.05, 3.63) is 65.0 Å². The van der Waals surface area contributed by atoms with Gasteiger partial charge in [0.2, 0.25) is 5.67 Å². The zero-order valence-electron chi connectivity index (χ0n) is 20.7. The summed E-state index contributed by atoms with van der Waals surface area (Å²) in [5, 5.41) is 10.2. The molecule has 0 amide bonds. The summed E-state index contributed by atoms with van der Waals surface area (Å²) in [6, 6.07) is 7.68. The van der Waals surface area contributed by atoms with E-state index < -0.39 is 61.0 Å². The van der Waals surface area contributed by atoms with E-state index in [1.807, 2.05) is 0 Å². The SMILES string of the molecule is CC(C)(O)C(=O)C[C@@H]1CC[C@@]2(S(=O)(=O)c3ccc(F)cc3)c3ccc(C(C)(F)C(F)(F)F)cc3CC[C@@H]12. The molecule has 1 N–H and O–H groups in total. The Morgan fingerprint density at radius 2 is 1.65 bits per heavy atom. The van der Waals surface area contributed by atoms with Crippen LogP contribution in [0, 0.1) is 17.7 Å². The van der Waals surface area contributed by atoms with Gasteiger partial charge in [0, 0.05) is 6.42 Å². The molecule has 2 aliphatic carbocycles. The van der Waals surface area contributed by atoms with Crippen molar-refractivity contribution in [2.75, 3.05) is 0 Å². The van der Waals surface area contributed by atoms with Crippen molar-refractivity contribution >= 4 is 15.6 Å². The van der Waals surface area contributed by atoms with E-state index in [4.69, 9.17) is 0 Å². The second kappa shape index (κ2) is 8.86. The lowest BCUT2D eigenvalue weighted by Crippen LogP contribution is -2.45. The molecule has 4 rings (SSSR count). The molecule has 0 radical (unpaired) electrons. The van der Waals surface area contributed by atoms with E-state index in [0.29, 0.717) is 18.9 Å². The maximum atomic E-state index is 14.8. The molecule has 37 heavy (non-hydrogen) atoms. The normalized spacial score (nSPS) is 25.8. The Balaban J connectivity index is 1.89. The minimum absolute atomic E-state index is 0.0567. The number of halogens is 5. The first-order valence-electron chi connectivity index (χ1n) is 12.1. The molecular formula is C27H29F5O4S. The Hall–Kier alpha value is -2.33. The third-order valence-corrected chi connectivity index (χ3v) is 10.7. The van der Waals surface area contributed by atoms with Gasteiger partial charge in [-0.15, -0.1) is 0 Å². The minimum atomic E-state index is -5.16. The lowest BCUT2D eigenvalue weighted by Gasteiger charge is -2.43. The highest BCUT2D eigenvalue weighted by atomic mass is 32.2. The van der Waals surface area contributed by atoms with Crippen LogP contribution in [-0.4, -0.2) is 31.1 Å². The number of sulfone groups is 1. The standard InChI is InChI=1S/C27H29F5O4S/c1-24(2,34)23(33)15-17-12-13-26(37(35,36)20-8-6-19(28)7-9-20)21(17)10-4-16-14-18(5-11-22(16)26)25(3,29)27(30,31)32/h5-9,11,14,17,21,34H,4,10,12-13,15H2,1-3H3/t17-,21-,25?,26-/m0/s1. The molecule has 0 bridgehead atoms. The quantitative estimate of drug-likeness (QED) is 0.361. The Bertz CT molecular complexity index is 1310. The lowest BCUT2D eigenvalue weighted by molar-refractivity contribution is -0.228. The summed E-state index contributed by atoms with van der Waals surface area (Å²) >= 11 is 0. The number of hydrogen-bond acceptors (Lipinski definition) is 4. The number of aryl methyl sites for hydroxylation is 1. The number of hydrogen-bond donors (Lipinski definition) is 1. The second-order valence-corrected chi connectivity index (χ2v) is 13.1. The summed E-state index contributed by atoms with van der Waals surface area (Å²) in [5.74, 6) is -2.04. The Kier molecular flexibility index (Phi) is 6.64. The number of fused-ring (bicyclic) bond motifs is 3. The van der Waals surface area contributed by atoms with Crippen molar-refractivity contribution in [3.8, 4) is 0 Å². The first-order chi connectivity index (χ1) is 16.9. The number of rotatable bonds is 6. The van der Waals surface area contributed by atoms with Crippen molar-refractivity contribution < 1.29 is 40.3 Å². The van der Waals surface area contributed by atoms with Crippen molar-refractivity contribution in [1.29, 1.82) is 0 Å². The number of benzene rings is 2. The van der Waals surface area contributed by atoms with Crippen LogP contribution in [0.2, 0.25) is 0 Å². The van der Waals surface area contributed by atoms with Gasteiger partial charge in [-0.1, -0.05) is 18.2 Å². The number of ketones is 1. The number of Topliss-reactive ketones (excluding diaryl/α,β-unsaturated/α-hetero) is 1. The van der Waals surface area contributed by atoms with Crippen LogP contribution in [0.1, 0.15) is 63.1 Å². The summed E-state index contributed by atoms with van der Waals surface area (Å²) < 4.78 is 95.4. The van der Waals surface area contributed by atoms with E-state index in [9.17, 15) is 40.3 Å². The van der Waals surface area contributed by atoms with E-state index in [-0.39, 0.29) is 36.1 Å². The predicted molar refractivity (Wildman–Crippen MR) is 127 cm³/mol. The molecule has 1 fully saturated rings. The molecule has 0 aromatic heterocycles. The molecule has 0 saturated heterocycles. The van der Waals surface area contributed by atoms with Crippen molar-refractivity contribution in [1.82, 2.24) is 0 Å². The largest absolute Gasteiger partial charge is 0.426 e. The van der Waals surface area contributed by atoms with Crippen LogP contribution < -0.4 is 0 Å². The molecule has 2 aromatic carbocycles. The van der Waals surface area contributed by atoms with Gasteiger partial charge in [-0.2, -0.15) is 13.2 Å². The molecule has 0 aliphatic heterocycles. The molecule has 4 atom stereocenters. The molecule has 0 heterocycles. The zero-order chi connectivity index (χ0) is 27.6. The summed E-state index contributed by atoms with van der Waals surface area (Å²) in [7, 11) is -4.23. The van der Waals surface area contributed by atoms with Gasteiger partial charge in [-0.25, -0.2) is 17.2 Å². The molecule has 4 nitrogen and oxygen atoms in total. The fourth-order valence-electron chi connectivity index (χ4n) is 5.99. The van der Waals surface area contributed by atoms with Gasteiger partial charge in [-0.05, 0) is 99.2 Å². The van der Waals surface area contributed by atoms with Gasteiger partial charge in [0.25, 0.3) is 0 Å². The van der Waals surface area contributed by atoms with Crippen molar-refractivity contribution in [2.45, 2.75) is 80.0 Å². The topological polar surface area (TPSA) is 71.4 Å². The smallest absolute Gasteiger partial charge is 0.383 e. The van der Waals surface area contributed by atoms with Crippen molar-refractivity contribution in [3.63, 3.8) is 0 Å². The second-order valence-electron chi connectivity index (χ2n) is 10.8. The number of aliphatic hydroxyl groups is 1. The van der Waals surface area contributed by atoms with Crippen LogP contribution in [0.4, 0.5) is 22.0 Å². The maximum Gasteiger partial charge on any atom is 0.426 e. The van der Waals surface area contributed by atoms with Gasteiger partial charge in [0.05, 0.1) is 4.90 Å². The van der Waals surface area contributed by atoms with Gasteiger partial charge in [0.15, 0.2) is 15.6 Å². The van der Waals surface area contributed by atoms with Gasteiger partial charge < -0.3 is 5.11 Å². The Morgan fingerprint density at radius 1 is 1.03 bits per heavy atom. The fourth-order valence-corrected chi connectivity index (χ4v) is 8.48. The van der Waals surface area contributed by atoms with Crippen LogP contribution in [0.5, 0.6) is 0 Å². The maximum absolute atomic E-state index is 14.8. The molecule has 1 unspecified atom stereocenters. The van der Waals surface area contributed by atoms with Crippen LogP contribution in [0.15, 0.2) is 47.4 Å². The van der Waals surface area contributed by atoms with E-state index in [2.05, 4.69) is 0 Å². The highest BCUT2D eigenvalue weighted by Crippen LogP contribution is 2.60. The van der Waals surface area contributed by atoms with Crippen LogP contribution in [0.3, 0.4) is 0 Å². The van der Waals surface area contributed by atoms with E-state index >= 15 is 0 Å². The Morgan fingerprint density at radius 3 is 2.22 bits per heavy atom. The molecule has 202 valence electrons. The minimum Gasteiger partial charge on any atom is -0.383 e. The zero-order valence-corrected chi connectivity index (χ0v) is 21.5. The first kappa shape index (κ1) is 27.7. The third-order valence-electron chi connectivity index (χ3n) is 8.15. The Labute approximate surface area is 212 Å². The van der Waals surface area contributed by atoms with Crippen molar-refractivity contribution in [2.24, 2.45) is 11.8 Å². The molecule has 10 heteroatoms. The molecule has 1 saturated carbocycles. The number of carbonyl (C=O) groups is 1. The number of alkyl halides is 4. The van der Waals surface area contributed by atoms with Crippen LogP contribution >= 0.6 is 0 Å². The average Bonchev–Trinajstić information content (AvgIpc) is 3.18. The monoisotopic (exact) mass is 544 g/mol. The number of carbonyl (C=O) groups excluding carboxylic acids is 1. The lowest BCUT2D eigenvalue weighted by atomic mass is 9.71. The third kappa shape index (κ3) is 4.39. The summed E-state index contributed by atoms with van der Waals surface area (Å²) in [5.41, 5.74) is -5.25. The van der Waals surface area contributed by atoms with Gasteiger partial charge in [-0.3, -0.25) is 4.79 Å². The molecule has 0 spiro atoms. The van der Waals surface area contributed by atoms with E-state index in [1.165, 1.54) is 19.9 Å². The average molecular weight is 545 g/mol. The van der Waals surface area contributed by atoms with Gasteiger partial charge >= 0.3 is 6.18 Å². The fraction of sp³-hybridized carbons (Fsp3) is 0.519. The first-order valence-corrected chi connectivity index (χ1v) is 13.6. The van der Waals surface area contributed by atoms with Crippen LogP contribution in [0.25, 0.3) is 0 Å². The van der Waals surface area contributed by atoms with E-state index in [1.54, 1.807) is 0 Å². The highest BCUT2D eigenvalue weighted by molar-refractivity contribution is 7.92. The van der Waals surface area contributed by atoms with E-state index in [0.717, 1.165) is 36.4 Å². The molecular weight excluding hydrogens is 515 g/mol. The molecule has 2 aliphatic rings. The highest BCUT2D eigenvalue weighted by Gasteiger charge is 2.61. The molecule has 2 aromatic rings.